The van der Waals surface area contributed by atoms with Crippen LogP contribution in [0.1, 0.15) is 37.3 Å². The molecule has 320 valence electrons. The minimum Gasteiger partial charge on any atom is -0.384 e. The molecule has 0 saturated carbocycles. The highest BCUT2D eigenvalue weighted by Crippen LogP contribution is 2.31. The van der Waals surface area contributed by atoms with E-state index in [-0.39, 0.29) is 16.5 Å². The topological polar surface area (TPSA) is 207 Å². The number of aryl methyl sites for hydroxylation is 2. The van der Waals surface area contributed by atoms with Crippen molar-refractivity contribution in [2.24, 2.45) is 0 Å². The van der Waals surface area contributed by atoms with Crippen molar-refractivity contribution in [3.8, 4) is 0 Å². The molecule has 0 saturated heterocycles. The largest absolute Gasteiger partial charge is 0.384 e. The van der Waals surface area contributed by atoms with E-state index >= 15 is 0 Å². The zero-order valence-corrected chi connectivity index (χ0v) is 36.2. The normalized spacial score (nSPS) is 12.4. The van der Waals surface area contributed by atoms with E-state index in [1.54, 1.807) is 20.5 Å². The van der Waals surface area contributed by atoms with Gasteiger partial charge in [0.1, 0.15) is 28.5 Å². The minimum atomic E-state index is -3.78. The van der Waals surface area contributed by atoms with Crippen molar-refractivity contribution < 1.29 is 26.5 Å². The first kappa shape index (κ1) is 44.7. The number of nitrogens with one attached hydrogen (secondary N) is 2. The molecule has 0 amide bonds. The molecule has 1 unspecified atom stereocenters. The summed E-state index contributed by atoms with van der Waals surface area (Å²) in [5.41, 5.74) is 17.4. The van der Waals surface area contributed by atoms with Crippen molar-refractivity contribution in [2.45, 2.75) is 56.5 Å². The van der Waals surface area contributed by atoms with Gasteiger partial charge in [0.25, 0.3) is 0 Å². The molecule has 7 aromatic rings. The minimum absolute atomic E-state index is 0.0733. The summed E-state index contributed by atoms with van der Waals surface area (Å²) in [4.78, 5) is 18.4. The molecular formula is C41H50ClFN10O5S2. The second-order valence-corrected chi connectivity index (χ2v) is 17.4. The summed E-state index contributed by atoms with van der Waals surface area (Å²) in [6.07, 6.45) is 6.12. The third kappa shape index (κ3) is 10.5. The molecule has 60 heavy (non-hydrogen) atoms. The van der Waals surface area contributed by atoms with E-state index < -0.39 is 26.8 Å². The Labute approximate surface area is 355 Å². The number of halogens is 2. The third-order valence-electron chi connectivity index (χ3n) is 9.85. The smallest absolute Gasteiger partial charge is 0.240 e. The van der Waals surface area contributed by atoms with E-state index in [1.807, 2.05) is 42.5 Å². The number of imidazole rings is 2. The summed E-state index contributed by atoms with van der Waals surface area (Å²) in [5, 5.41) is 1.77. The molecule has 19 heteroatoms. The van der Waals surface area contributed by atoms with Gasteiger partial charge in [0, 0.05) is 70.3 Å². The molecule has 0 aliphatic carbocycles. The quantitative estimate of drug-likeness (QED) is 0.0701. The third-order valence-corrected chi connectivity index (χ3v) is 12.2. The maximum atomic E-state index is 13.3. The van der Waals surface area contributed by atoms with E-state index in [1.165, 1.54) is 6.07 Å². The van der Waals surface area contributed by atoms with Crippen LogP contribution in [0, 0.1) is 5.82 Å². The van der Waals surface area contributed by atoms with Gasteiger partial charge in [-0.2, -0.15) is 0 Å². The Bertz CT molecular complexity index is 2730. The van der Waals surface area contributed by atoms with Crippen molar-refractivity contribution in [3.63, 3.8) is 0 Å². The van der Waals surface area contributed by atoms with Gasteiger partial charge in [0.05, 0.1) is 56.2 Å². The number of rotatable bonds is 19. The first-order valence-electron chi connectivity index (χ1n) is 19.5. The summed E-state index contributed by atoms with van der Waals surface area (Å²) in [7, 11) is -1.43. The van der Waals surface area contributed by atoms with Crippen LogP contribution < -0.4 is 20.9 Å². The van der Waals surface area contributed by atoms with Crippen LogP contribution in [0.25, 0.3) is 43.9 Å². The van der Waals surface area contributed by atoms with Crippen molar-refractivity contribution in [3.05, 3.63) is 89.2 Å². The number of hydrogen-bond donors (Lipinski definition) is 4. The fraction of sp³-hybridized carbons (Fsp3) is 0.366. The summed E-state index contributed by atoms with van der Waals surface area (Å²) in [6, 6.07) is 19.1. The van der Waals surface area contributed by atoms with E-state index in [2.05, 4.69) is 34.6 Å². The first-order chi connectivity index (χ1) is 28.9. The second kappa shape index (κ2) is 20.6. The van der Waals surface area contributed by atoms with Gasteiger partial charge in [-0.1, -0.05) is 48.0 Å². The molecule has 6 N–H and O–H groups in total. The zero-order valence-electron chi connectivity index (χ0n) is 33.8. The van der Waals surface area contributed by atoms with Crippen LogP contribution in [0.3, 0.4) is 0 Å². The molecule has 0 spiro atoms. The maximum absolute atomic E-state index is 13.3. The number of fused-ring (bicyclic) bond motifs is 6. The van der Waals surface area contributed by atoms with Gasteiger partial charge in [-0.3, -0.25) is 0 Å². The molecule has 4 heterocycles. The fourth-order valence-corrected chi connectivity index (χ4v) is 8.78. The number of anilines is 2. The Morgan fingerprint density at radius 1 is 0.750 bits per heavy atom. The Kier molecular flexibility index (Phi) is 15.4. The highest BCUT2D eigenvalue weighted by molar-refractivity contribution is 7.89. The van der Waals surface area contributed by atoms with Gasteiger partial charge in [0.2, 0.25) is 10.0 Å². The van der Waals surface area contributed by atoms with Gasteiger partial charge < -0.3 is 30.1 Å². The van der Waals surface area contributed by atoms with Crippen molar-refractivity contribution in [1.82, 2.24) is 38.5 Å². The lowest BCUT2D eigenvalue weighted by molar-refractivity contribution is 0.199. The lowest BCUT2D eigenvalue weighted by atomic mass is 10.2. The summed E-state index contributed by atoms with van der Waals surface area (Å²) >= 11 is 5.71. The summed E-state index contributed by atoms with van der Waals surface area (Å²) in [5.74, 6) is 1.96. The van der Waals surface area contributed by atoms with E-state index in [0.717, 1.165) is 94.5 Å². The van der Waals surface area contributed by atoms with Crippen LogP contribution in [-0.4, -0.2) is 88.5 Å². The predicted molar refractivity (Wildman–Crippen MR) is 237 cm³/mol. The lowest BCUT2D eigenvalue weighted by Crippen LogP contribution is -2.25. The van der Waals surface area contributed by atoms with Crippen LogP contribution in [0.5, 0.6) is 0 Å². The molecule has 0 radical (unpaired) electrons. The number of aromatic nitrogens is 6. The van der Waals surface area contributed by atoms with Crippen LogP contribution in [-0.2, 0) is 56.4 Å². The lowest BCUT2D eigenvalue weighted by Gasteiger charge is -2.11. The number of unbranched alkanes of at least 4 members (excludes halogenated alkanes) is 2. The van der Waals surface area contributed by atoms with Crippen LogP contribution in [0.4, 0.5) is 16.0 Å². The van der Waals surface area contributed by atoms with Crippen LogP contribution in [0.2, 0.25) is 5.02 Å². The fourth-order valence-electron chi connectivity index (χ4n) is 7.00. The summed E-state index contributed by atoms with van der Waals surface area (Å²) < 4.78 is 69.7. The molecule has 0 bridgehead atoms. The van der Waals surface area contributed by atoms with Crippen molar-refractivity contribution in [1.29, 1.82) is 0 Å². The van der Waals surface area contributed by atoms with Crippen LogP contribution >= 0.6 is 11.6 Å². The van der Waals surface area contributed by atoms with E-state index in [9.17, 15) is 17.0 Å². The first-order valence-corrected chi connectivity index (χ1v) is 22.9. The molecule has 1 atom stereocenters. The number of pyridine rings is 2. The number of methoxy groups -OCH3 is 2. The van der Waals surface area contributed by atoms with Gasteiger partial charge in [-0.15, -0.1) is 0 Å². The highest BCUT2D eigenvalue weighted by Gasteiger charge is 2.19. The molecule has 3 aromatic carbocycles. The molecule has 4 aromatic heterocycles. The van der Waals surface area contributed by atoms with Gasteiger partial charge >= 0.3 is 0 Å². The number of benzene rings is 3. The molecule has 7 rings (SSSR count). The monoisotopic (exact) mass is 880 g/mol. The van der Waals surface area contributed by atoms with Crippen molar-refractivity contribution >= 4 is 88.1 Å². The number of para-hydroxylation sites is 2. The SMILES string of the molecule is COCCc1nc2c(N)nc3ccccc3c2n1CCCCNS(=O)(=O)c1ccc(F)c(Cl)c1.COCCc1nc2c(N)nc3ccccc3c2n1CCCCNS(C)=O. The number of nitrogen functional groups attached to an aromatic ring is 2. The van der Waals surface area contributed by atoms with Gasteiger partial charge in [0.15, 0.2) is 11.6 Å². The van der Waals surface area contributed by atoms with Crippen molar-refractivity contribution in [2.75, 3.05) is 58.2 Å². The Balaban J connectivity index is 0.000000209. The molecule has 0 fully saturated rings. The number of ether oxygens (including phenoxy) is 2. The van der Waals surface area contributed by atoms with Gasteiger partial charge in [-0.25, -0.2) is 46.4 Å². The number of nitrogens with zero attached hydrogens (tertiary/aromatic N) is 6. The molecule has 0 aliphatic rings. The Morgan fingerprint density at radius 3 is 1.73 bits per heavy atom. The van der Waals surface area contributed by atoms with E-state index in [4.69, 9.17) is 42.5 Å². The highest BCUT2D eigenvalue weighted by atomic mass is 35.5. The average Bonchev–Trinajstić information content (AvgIpc) is 3.79. The number of hydrogen-bond acceptors (Lipinski definition) is 11. The maximum Gasteiger partial charge on any atom is 0.240 e. The number of nitrogens with two attached hydrogens (primary N) is 2. The number of sulfonamides is 1. The second-order valence-electron chi connectivity index (χ2n) is 14.0. The standard InChI is InChI=1S/C23H25ClFN5O3S.C18H25N5O2S/c1-33-13-10-20-29-21-22(16-6-2-3-7-19(16)28-23(21)26)30(20)12-5-4-11-27-34(31,32)15-8-9-18(25)17(24)14-15;1-25-12-9-15-22-16-17(23(15)11-6-5-10-20-26(2)24)13-7-3-4-8-14(13)21-18(16)19/h2-3,6-9,14,27H,4-5,10-13H2,1H3,(H2,26,28);3-4,7-8,20H,5-6,9-12H2,1-2H3,(H2,19,21). The predicted octanol–water partition coefficient (Wildman–Crippen LogP) is 5.93. The van der Waals surface area contributed by atoms with E-state index in [0.29, 0.717) is 56.2 Å². The average molecular weight is 882 g/mol. The Hall–Kier alpha value is -4.82. The van der Waals surface area contributed by atoms with Crippen LogP contribution in [0.15, 0.2) is 71.6 Å². The Morgan fingerprint density at radius 2 is 1.25 bits per heavy atom. The van der Waals surface area contributed by atoms with Gasteiger partial charge in [-0.05, 0) is 56.0 Å². The molecule has 0 aliphatic heterocycles. The summed E-state index contributed by atoms with van der Waals surface area (Å²) in [6.45, 7) is 3.50. The zero-order chi connectivity index (χ0) is 42.8. The molecule has 15 nitrogen and oxygen atoms in total. The molecular weight excluding hydrogens is 831 g/mol.